The standard InChI is InChI=1S/C20H27N3O7/c1-7-29-19(24)16-17(10(2)3)21-20(25)22-18(16)12-8-15(30-11(4)5)14(28-6)9-13(12)23(26)27/h8-11,18H,7H2,1-6H3,(H2,21,22,25). The maximum Gasteiger partial charge on any atom is 0.338 e. The molecule has 2 rings (SSSR count). The molecule has 0 fully saturated rings. The molecule has 30 heavy (non-hydrogen) atoms. The van der Waals surface area contributed by atoms with Crippen LogP contribution in [0.15, 0.2) is 23.4 Å². The number of hydrogen-bond donors (Lipinski definition) is 2. The molecule has 0 saturated carbocycles. The van der Waals surface area contributed by atoms with Gasteiger partial charge in [-0.3, -0.25) is 10.1 Å². The Hall–Kier alpha value is -3.30. The quantitative estimate of drug-likeness (QED) is 0.374. The Morgan fingerprint density at radius 1 is 1.23 bits per heavy atom. The van der Waals surface area contributed by atoms with Gasteiger partial charge in [-0.25, -0.2) is 9.59 Å². The van der Waals surface area contributed by atoms with E-state index in [0.29, 0.717) is 5.70 Å². The van der Waals surface area contributed by atoms with E-state index in [1.807, 2.05) is 0 Å². The average Bonchev–Trinajstić information content (AvgIpc) is 2.66. The van der Waals surface area contributed by atoms with Crippen LogP contribution in [-0.4, -0.2) is 36.7 Å². The molecule has 164 valence electrons. The Kier molecular flexibility index (Phi) is 7.25. The van der Waals surface area contributed by atoms with Crippen LogP contribution in [0.2, 0.25) is 0 Å². The van der Waals surface area contributed by atoms with Crippen molar-refractivity contribution in [3.63, 3.8) is 0 Å². The number of hydrogen-bond acceptors (Lipinski definition) is 7. The van der Waals surface area contributed by atoms with Gasteiger partial charge in [-0.2, -0.15) is 0 Å². The highest BCUT2D eigenvalue weighted by atomic mass is 16.6. The number of methoxy groups -OCH3 is 1. The number of ether oxygens (including phenoxy) is 3. The van der Waals surface area contributed by atoms with Gasteiger partial charge in [0.1, 0.15) is 0 Å². The van der Waals surface area contributed by atoms with E-state index in [0.717, 1.165) is 0 Å². The first-order valence-corrected chi connectivity index (χ1v) is 9.62. The lowest BCUT2D eigenvalue weighted by Crippen LogP contribution is -2.47. The summed E-state index contributed by atoms with van der Waals surface area (Å²) in [5, 5.41) is 17.1. The molecule has 10 heteroatoms. The van der Waals surface area contributed by atoms with Gasteiger partial charge in [-0.05, 0) is 32.8 Å². The third-order valence-electron chi connectivity index (χ3n) is 4.36. The number of nitro groups is 1. The van der Waals surface area contributed by atoms with E-state index in [9.17, 15) is 19.7 Å². The zero-order chi connectivity index (χ0) is 22.6. The summed E-state index contributed by atoms with van der Waals surface area (Å²) in [4.78, 5) is 36.3. The molecule has 0 bridgehead atoms. The smallest absolute Gasteiger partial charge is 0.338 e. The summed E-state index contributed by atoms with van der Waals surface area (Å²) in [6.07, 6.45) is -0.234. The van der Waals surface area contributed by atoms with Crippen LogP contribution >= 0.6 is 0 Å². The van der Waals surface area contributed by atoms with Gasteiger partial charge >= 0.3 is 12.0 Å². The predicted molar refractivity (Wildman–Crippen MR) is 108 cm³/mol. The Morgan fingerprint density at radius 3 is 2.40 bits per heavy atom. The molecular formula is C20H27N3O7. The lowest BCUT2D eigenvalue weighted by atomic mass is 9.90. The molecule has 0 spiro atoms. The fourth-order valence-corrected chi connectivity index (χ4v) is 3.17. The predicted octanol–water partition coefficient (Wildman–Crippen LogP) is 3.22. The van der Waals surface area contributed by atoms with Crippen molar-refractivity contribution in [2.75, 3.05) is 13.7 Å². The lowest BCUT2D eigenvalue weighted by molar-refractivity contribution is -0.385. The van der Waals surface area contributed by atoms with Crippen LogP contribution in [0.3, 0.4) is 0 Å². The van der Waals surface area contributed by atoms with Gasteiger partial charge in [-0.15, -0.1) is 0 Å². The second kappa shape index (κ2) is 9.47. The van der Waals surface area contributed by atoms with Crippen molar-refractivity contribution in [2.45, 2.75) is 46.8 Å². The summed E-state index contributed by atoms with van der Waals surface area (Å²) < 4.78 is 16.2. The molecule has 0 aliphatic carbocycles. The molecule has 1 heterocycles. The van der Waals surface area contributed by atoms with E-state index in [2.05, 4.69) is 10.6 Å². The number of carbonyl (C=O) groups excluding carboxylic acids is 2. The molecule has 0 saturated heterocycles. The van der Waals surface area contributed by atoms with Gasteiger partial charge in [0, 0.05) is 5.70 Å². The van der Waals surface area contributed by atoms with Gasteiger partial charge in [0.05, 0.1) is 48.0 Å². The van der Waals surface area contributed by atoms with Crippen molar-refractivity contribution in [1.29, 1.82) is 0 Å². The summed E-state index contributed by atoms with van der Waals surface area (Å²) in [5.74, 6) is -0.475. The van der Waals surface area contributed by atoms with Crippen molar-refractivity contribution < 1.29 is 28.7 Å². The molecule has 2 N–H and O–H groups in total. The fraction of sp³-hybridized carbons (Fsp3) is 0.500. The first-order chi connectivity index (χ1) is 14.1. The van der Waals surface area contributed by atoms with Crippen LogP contribution in [0.1, 0.15) is 46.2 Å². The summed E-state index contributed by atoms with van der Waals surface area (Å²) >= 11 is 0. The Balaban J connectivity index is 2.79. The van der Waals surface area contributed by atoms with Crippen molar-refractivity contribution in [3.8, 4) is 11.5 Å². The molecule has 1 atom stereocenters. The van der Waals surface area contributed by atoms with Gasteiger partial charge < -0.3 is 24.8 Å². The molecule has 1 aromatic carbocycles. The minimum atomic E-state index is -1.10. The highest BCUT2D eigenvalue weighted by Gasteiger charge is 2.38. The summed E-state index contributed by atoms with van der Waals surface area (Å²) in [5.41, 5.74) is 0.224. The molecule has 10 nitrogen and oxygen atoms in total. The van der Waals surface area contributed by atoms with Crippen LogP contribution in [-0.2, 0) is 9.53 Å². The zero-order valence-electron chi connectivity index (χ0n) is 17.9. The number of nitrogens with one attached hydrogen (secondary N) is 2. The summed E-state index contributed by atoms with van der Waals surface area (Å²) in [7, 11) is 1.37. The van der Waals surface area contributed by atoms with E-state index < -0.39 is 23.0 Å². The van der Waals surface area contributed by atoms with Crippen LogP contribution in [0, 0.1) is 16.0 Å². The molecule has 2 amide bonds. The van der Waals surface area contributed by atoms with Crippen molar-refractivity contribution >= 4 is 17.7 Å². The number of nitro benzene ring substituents is 1. The Bertz CT molecular complexity index is 877. The average molecular weight is 421 g/mol. The molecule has 1 aromatic rings. The maximum absolute atomic E-state index is 12.8. The first-order valence-electron chi connectivity index (χ1n) is 9.62. The topological polar surface area (TPSA) is 129 Å². The molecule has 0 aromatic heterocycles. The monoisotopic (exact) mass is 421 g/mol. The molecule has 1 aliphatic rings. The largest absolute Gasteiger partial charge is 0.493 e. The number of allylic oxidation sites excluding steroid dienone is 1. The zero-order valence-corrected chi connectivity index (χ0v) is 17.9. The van der Waals surface area contributed by atoms with E-state index in [1.54, 1.807) is 34.6 Å². The number of rotatable bonds is 8. The van der Waals surface area contributed by atoms with E-state index in [1.165, 1.54) is 19.2 Å². The van der Waals surface area contributed by atoms with Crippen LogP contribution in [0.5, 0.6) is 11.5 Å². The minimum Gasteiger partial charge on any atom is -0.493 e. The molecular weight excluding hydrogens is 394 g/mol. The van der Waals surface area contributed by atoms with Crippen molar-refractivity contribution in [2.24, 2.45) is 5.92 Å². The molecule has 1 unspecified atom stereocenters. The van der Waals surface area contributed by atoms with Crippen molar-refractivity contribution in [1.82, 2.24) is 10.6 Å². The van der Waals surface area contributed by atoms with E-state index in [4.69, 9.17) is 14.2 Å². The van der Waals surface area contributed by atoms with E-state index >= 15 is 0 Å². The Labute approximate surface area is 174 Å². The van der Waals surface area contributed by atoms with Crippen LogP contribution < -0.4 is 20.1 Å². The first kappa shape index (κ1) is 23.0. The van der Waals surface area contributed by atoms with Gasteiger partial charge in [0.15, 0.2) is 11.5 Å². The normalized spacial score (nSPS) is 16.3. The summed E-state index contributed by atoms with van der Waals surface area (Å²) in [6.45, 7) is 8.96. The van der Waals surface area contributed by atoms with Gasteiger partial charge in [0.2, 0.25) is 0 Å². The van der Waals surface area contributed by atoms with Crippen LogP contribution in [0.25, 0.3) is 0 Å². The summed E-state index contributed by atoms with van der Waals surface area (Å²) in [6, 6.07) is 0.966. The second-order valence-electron chi connectivity index (χ2n) is 7.22. The fourth-order valence-electron chi connectivity index (χ4n) is 3.17. The maximum atomic E-state index is 12.8. The number of amides is 2. The van der Waals surface area contributed by atoms with E-state index in [-0.39, 0.29) is 47.0 Å². The van der Waals surface area contributed by atoms with Crippen molar-refractivity contribution in [3.05, 3.63) is 39.1 Å². The second-order valence-corrected chi connectivity index (χ2v) is 7.22. The molecule has 1 aliphatic heterocycles. The lowest BCUT2D eigenvalue weighted by Gasteiger charge is -2.31. The highest BCUT2D eigenvalue weighted by Crippen LogP contribution is 2.41. The Morgan fingerprint density at radius 2 is 1.90 bits per heavy atom. The molecule has 0 radical (unpaired) electrons. The minimum absolute atomic E-state index is 0.0903. The number of nitrogens with zero attached hydrogens (tertiary/aromatic N) is 1. The number of benzene rings is 1. The number of carbonyl (C=O) groups is 2. The third kappa shape index (κ3) is 4.81. The van der Waals surface area contributed by atoms with Crippen LogP contribution in [0.4, 0.5) is 10.5 Å². The SMILES string of the molecule is CCOC(=O)C1=C(C(C)C)NC(=O)NC1c1cc(OC(C)C)c(OC)cc1[N+](=O)[O-]. The number of urea groups is 1. The highest BCUT2D eigenvalue weighted by molar-refractivity contribution is 5.95. The number of esters is 1. The van der Waals surface area contributed by atoms with Gasteiger partial charge in [0.25, 0.3) is 5.69 Å². The van der Waals surface area contributed by atoms with Gasteiger partial charge in [-0.1, -0.05) is 13.8 Å². The third-order valence-corrected chi connectivity index (χ3v) is 4.36.